The van der Waals surface area contributed by atoms with E-state index in [2.05, 4.69) is 6.92 Å². The molecule has 0 spiro atoms. The van der Waals surface area contributed by atoms with Crippen molar-refractivity contribution in [2.24, 2.45) is 0 Å². The number of hydrogen-bond acceptors (Lipinski definition) is 0. The summed E-state index contributed by atoms with van der Waals surface area (Å²) >= 11 is 5.88. The lowest BCUT2D eigenvalue weighted by Crippen LogP contribution is -1.82. The molecule has 0 aliphatic rings. The number of hydrogen-bond donors (Lipinski definition) is 0. The molecule has 0 bridgehead atoms. The van der Waals surface area contributed by atoms with Gasteiger partial charge in [0.05, 0.1) is 0 Å². The summed E-state index contributed by atoms with van der Waals surface area (Å²) in [7, 11) is 0. The van der Waals surface area contributed by atoms with Crippen molar-refractivity contribution in [3.63, 3.8) is 0 Å². The van der Waals surface area contributed by atoms with E-state index in [1.54, 1.807) is 0 Å². The van der Waals surface area contributed by atoms with E-state index in [4.69, 9.17) is 11.6 Å². The fraction of sp³-hybridized carbons (Fsp3) is 0.222. The zero-order valence-corrected chi connectivity index (χ0v) is 6.56. The van der Waals surface area contributed by atoms with Gasteiger partial charge >= 0.3 is 0 Å². The molecule has 0 atom stereocenters. The minimum atomic E-state index is 0.853. The number of aryl methyl sites for hydroxylation is 1. The highest BCUT2D eigenvalue weighted by Crippen LogP contribution is 2.15. The summed E-state index contributed by atoms with van der Waals surface area (Å²) < 4.78 is 0. The number of rotatable bonds is 2. The average molecular weight is 154 g/mol. The lowest BCUT2D eigenvalue weighted by molar-refractivity contribution is 1.000. The Kier molecular flexibility index (Phi) is 2.76. The van der Waals surface area contributed by atoms with Crippen molar-refractivity contribution in [1.82, 2.24) is 0 Å². The van der Waals surface area contributed by atoms with E-state index in [-0.39, 0.29) is 0 Å². The molecule has 1 aromatic carbocycles. The van der Waals surface area contributed by atoms with Crippen LogP contribution >= 0.6 is 11.6 Å². The highest BCUT2D eigenvalue weighted by atomic mass is 35.5. The topological polar surface area (TPSA) is 0 Å². The first-order chi connectivity index (χ1) is 4.84. The third-order valence-electron chi connectivity index (χ3n) is 1.40. The quantitative estimate of drug-likeness (QED) is 0.613. The Bertz CT molecular complexity index is 206. The van der Waals surface area contributed by atoms with Crippen molar-refractivity contribution < 1.29 is 0 Å². The Labute approximate surface area is 66.8 Å². The molecule has 1 aromatic rings. The van der Waals surface area contributed by atoms with Crippen LogP contribution in [-0.2, 0) is 6.42 Å². The molecule has 0 aliphatic carbocycles. The van der Waals surface area contributed by atoms with Gasteiger partial charge in [-0.2, -0.15) is 0 Å². The molecule has 0 fully saturated rings. The summed E-state index contributed by atoms with van der Waals surface area (Å²) in [5, 5.41) is 0.853. The molecule has 0 unspecified atom stereocenters. The summed E-state index contributed by atoms with van der Waals surface area (Å²) in [5.41, 5.74) is 1.19. The van der Waals surface area contributed by atoms with E-state index in [0.29, 0.717) is 0 Å². The highest BCUT2D eigenvalue weighted by molar-refractivity contribution is 6.31. The lowest BCUT2D eigenvalue weighted by atomic mass is 10.1. The molecule has 10 heavy (non-hydrogen) atoms. The normalized spacial score (nSPS) is 9.80. The van der Waals surface area contributed by atoms with Gasteiger partial charge in [0.1, 0.15) is 0 Å². The van der Waals surface area contributed by atoms with E-state index in [1.165, 1.54) is 5.56 Å². The first-order valence-corrected chi connectivity index (χ1v) is 3.75. The minimum absolute atomic E-state index is 0.853. The van der Waals surface area contributed by atoms with Gasteiger partial charge in [0.2, 0.25) is 0 Å². The van der Waals surface area contributed by atoms with Gasteiger partial charge in [-0.3, -0.25) is 0 Å². The summed E-state index contributed by atoms with van der Waals surface area (Å²) in [5.74, 6) is 0. The van der Waals surface area contributed by atoms with E-state index in [0.717, 1.165) is 17.9 Å². The third kappa shape index (κ3) is 1.74. The van der Waals surface area contributed by atoms with Gasteiger partial charge in [-0.1, -0.05) is 36.7 Å². The minimum Gasteiger partial charge on any atom is -0.0840 e. The van der Waals surface area contributed by atoms with Crippen LogP contribution in [-0.4, -0.2) is 0 Å². The zero-order chi connectivity index (χ0) is 7.40. The lowest BCUT2D eigenvalue weighted by Gasteiger charge is -1.99. The van der Waals surface area contributed by atoms with Crippen LogP contribution in [0.3, 0.4) is 0 Å². The monoisotopic (exact) mass is 153 g/mol. The summed E-state index contributed by atoms with van der Waals surface area (Å²) in [6, 6.07) is 7.88. The Balaban J connectivity index is 2.81. The van der Waals surface area contributed by atoms with Crippen LogP contribution in [0.15, 0.2) is 24.3 Å². The average Bonchev–Trinajstić information content (AvgIpc) is 1.94. The van der Waals surface area contributed by atoms with Crippen molar-refractivity contribution in [3.8, 4) is 0 Å². The van der Waals surface area contributed by atoms with Gasteiger partial charge in [-0.05, 0) is 24.5 Å². The largest absolute Gasteiger partial charge is 0.0840 e. The second-order valence-electron chi connectivity index (χ2n) is 2.19. The molecular formula is C9H10Cl. The van der Waals surface area contributed by atoms with Crippen LogP contribution in [0.5, 0.6) is 0 Å². The molecule has 0 heterocycles. The molecule has 0 amide bonds. The van der Waals surface area contributed by atoms with Gasteiger partial charge in [0.25, 0.3) is 0 Å². The predicted octanol–water partition coefficient (Wildman–Crippen LogP) is 3.11. The Hall–Kier alpha value is -0.490. The maximum atomic E-state index is 5.88. The fourth-order valence-electron chi connectivity index (χ4n) is 0.892. The zero-order valence-electron chi connectivity index (χ0n) is 5.81. The smallest absolute Gasteiger partial charge is 0.0437 e. The molecular weight excluding hydrogens is 144 g/mol. The Morgan fingerprint density at radius 1 is 1.30 bits per heavy atom. The molecule has 0 nitrogen and oxygen atoms in total. The van der Waals surface area contributed by atoms with Gasteiger partial charge in [0, 0.05) is 5.02 Å². The third-order valence-corrected chi connectivity index (χ3v) is 1.77. The van der Waals surface area contributed by atoms with Crippen molar-refractivity contribution in [2.45, 2.75) is 12.8 Å². The SMILES string of the molecule is [CH2]CCc1ccccc1Cl. The molecule has 1 radical (unpaired) electrons. The molecule has 0 saturated carbocycles. The van der Waals surface area contributed by atoms with Gasteiger partial charge in [0.15, 0.2) is 0 Å². The second-order valence-corrected chi connectivity index (χ2v) is 2.60. The second kappa shape index (κ2) is 3.62. The van der Waals surface area contributed by atoms with Crippen molar-refractivity contribution in [2.75, 3.05) is 0 Å². The fourth-order valence-corrected chi connectivity index (χ4v) is 1.12. The molecule has 1 rings (SSSR count). The van der Waals surface area contributed by atoms with Crippen LogP contribution in [0.1, 0.15) is 12.0 Å². The summed E-state index contributed by atoms with van der Waals surface area (Å²) in [6.45, 7) is 3.76. The standard InChI is InChI=1S/C9H10Cl/c1-2-5-8-6-3-4-7-9(8)10/h3-4,6-7H,1-2,5H2. The number of halogens is 1. The molecule has 0 N–H and O–H groups in total. The van der Waals surface area contributed by atoms with E-state index in [9.17, 15) is 0 Å². The van der Waals surface area contributed by atoms with Gasteiger partial charge < -0.3 is 0 Å². The number of benzene rings is 1. The van der Waals surface area contributed by atoms with Crippen LogP contribution in [0.4, 0.5) is 0 Å². The summed E-state index contributed by atoms with van der Waals surface area (Å²) in [6.07, 6.45) is 1.88. The first kappa shape index (κ1) is 7.62. The van der Waals surface area contributed by atoms with Gasteiger partial charge in [-0.15, -0.1) is 0 Å². The van der Waals surface area contributed by atoms with E-state index in [1.807, 2.05) is 24.3 Å². The maximum absolute atomic E-state index is 5.88. The van der Waals surface area contributed by atoms with E-state index >= 15 is 0 Å². The van der Waals surface area contributed by atoms with Crippen molar-refractivity contribution in [1.29, 1.82) is 0 Å². The summed E-state index contributed by atoms with van der Waals surface area (Å²) in [4.78, 5) is 0. The van der Waals surface area contributed by atoms with Crippen LogP contribution in [0.2, 0.25) is 5.02 Å². The Morgan fingerprint density at radius 2 is 2.00 bits per heavy atom. The first-order valence-electron chi connectivity index (χ1n) is 3.37. The molecule has 0 aromatic heterocycles. The van der Waals surface area contributed by atoms with Crippen LogP contribution in [0, 0.1) is 6.92 Å². The Morgan fingerprint density at radius 3 is 2.60 bits per heavy atom. The van der Waals surface area contributed by atoms with Crippen LogP contribution < -0.4 is 0 Å². The van der Waals surface area contributed by atoms with Gasteiger partial charge in [-0.25, -0.2) is 0 Å². The highest BCUT2D eigenvalue weighted by Gasteiger charge is 1.94. The maximum Gasteiger partial charge on any atom is 0.0437 e. The van der Waals surface area contributed by atoms with Crippen LogP contribution in [0.25, 0.3) is 0 Å². The van der Waals surface area contributed by atoms with Crippen molar-refractivity contribution >= 4 is 11.6 Å². The molecule has 1 heteroatoms. The molecule has 0 aliphatic heterocycles. The predicted molar refractivity (Wildman–Crippen MR) is 45.1 cm³/mol. The molecule has 53 valence electrons. The van der Waals surface area contributed by atoms with Crippen molar-refractivity contribution in [3.05, 3.63) is 41.8 Å². The molecule has 0 saturated heterocycles. The van der Waals surface area contributed by atoms with E-state index < -0.39 is 0 Å².